The van der Waals surface area contributed by atoms with Crippen molar-refractivity contribution in [1.29, 1.82) is 0 Å². The van der Waals surface area contributed by atoms with Gasteiger partial charge in [-0.15, -0.1) is 0 Å². The van der Waals surface area contributed by atoms with Crippen LogP contribution in [-0.2, 0) is 11.2 Å². The molecule has 0 saturated heterocycles. The van der Waals surface area contributed by atoms with Crippen LogP contribution in [0, 0.1) is 5.82 Å². The number of hydrogen-bond acceptors (Lipinski definition) is 4. The van der Waals surface area contributed by atoms with E-state index in [1.807, 2.05) is 6.07 Å². The Kier molecular flexibility index (Phi) is 5.80. The van der Waals surface area contributed by atoms with Crippen LogP contribution >= 0.6 is 23.4 Å². The number of hydrogen-bond donors (Lipinski definition) is 2. The van der Waals surface area contributed by atoms with Crippen molar-refractivity contribution < 1.29 is 19.1 Å². The van der Waals surface area contributed by atoms with Gasteiger partial charge in [-0.25, -0.2) is 14.2 Å². The van der Waals surface area contributed by atoms with E-state index in [1.54, 1.807) is 36.4 Å². The molecule has 0 aliphatic carbocycles. The highest BCUT2D eigenvalue weighted by atomic mass is 35.5. The summed E-state index contributed by atoms with van der Waals surface area (Å²) in [4.78, 5) is 29.2. The smallest absolute Gasteiger partial charge is 0.335 e. The highest BCUT2D eigenvalue weighted by Gasteiger charge is 2.27. The van der Waals surface area contributed by atoms with Crippen molar-refractivity contribution in [2.45, 2.75) is 22.1 Å². The van der Waals surface area contributed by atoms with Crippen LogP contribution in [0.25, 0.3) is 0 Å². The number of primary amides is 1. The van der Waals surface area contributed by atoms with Crippen molar-refractivity contribution in [3.05, 3.63) is 88.7 Å². The van der Waals surface area contributed by atoms with Crippen LogP contribution in [0.2, 0.25) is 0 Å². The first-order valence-electron chi connectivity index (χ1n) is 9.30. The Labute approximate surface area is 186 Å². The summed E-state index contributed by atoms with van der Waals surface area (Å²) < 4.78 is 15.0. The van der Waals surface area contributed by atoms with E-state index in [2.05, 4.69) is 4.99 Å². The maximum Gasteiger partial charge on any atom is 0.335 e. The molecule has 1 unspecified atom stereocenters. The molecule has 4 rings (SSSR count). The van der Waals surface area contributed by atoms with E-state index >= 15 is 0 Å². The van der Waals surface area contributed by atoms with Gasteiger partial charge < -0.3 is 10.8 Å². The van der Waals surface area contributed by atoms with Gasteiger partial charge in [0.15, 0.2) is 0 Å². The minimum atomic E-state index is -1.08. The van der Waals surface area contributed by atoms with Gasteiger partial charge in [0.05, 0.1) is 17.2 Å². The molecule has 31 heavy (non-hydrogen) atoms. The number of nitrogens with two attached hydrogens (primary N) is 1. The average Bonchev–Trinajstić information content (AvgIpc) is 2.88. The second-order valence-corrected chi connectivity index (χ2v) is 8.40. The summed E-state index contributed by atoms with van der Waals surface area (Å²) in [6.07, 6.45) is 0.0113. The van der Waals surface area contributed by atoms with Gasteiger partial charge in [-0.3, -0.25) is 4.79 Å². The molecule has 0 aromatic heterocycles. The third-order valence-corrected chi connectivity index (χ3v) is 6.42. The molecule has 1 aliphatic rings. The number of carboxylic acid groups (broad SMARTS) is 1. The fraction of sp³-hybridized carbons (Fsp3) is 0.0870. The van der Waals surface area contributed by atoms with E-state index in [-0.39, 0.29) is 22.7 Å². The number of nitrogens with zero attached hydrogens (tertiary/aromatic N) is 1. The average molecular weight is 455 g/mol. The number of halogens is 2. The van der Waals surface area contributed by atoms with Gasteiger partial charge in [0.2, 0.25) is 5.91 Å². The number of aromatic carboxylic acids is 1. The first kappa shape index (κ1) is 21.1. The largest absolute Gasteiger partial charge is 0.478 e. The van der Waals surface area contributed by atoms with Crippen molar-refractivity contribution in [2.75, 3.05) is 0 Å². The molecule has 0 radical (unpaired) electrons. The highest BCUT2D eigenvalue weighted by Crippen LogP contribution is 2.43. The monoisotopic (exact) mass is 454 g/mol. The zero-order chi connectivity index (χ0) is 22.1. The van der Waals surface area contributed by atoms with Gasteiger partial charge in [0.25, 0.3) is 0 Å². The number of amides is 1. The van der Waals surface area contributed by atoms with E-state index in [4.69, 9.17) is 17.3 Å². The lowest BCUT2D eigenvalue weighted by Crippen LogP contribution is -2.24. The van der Waals surface area contributed by atoms with Gasteiger partial charge in [-0.2, -0.15) is 0 Å². The maximum atomic E-state index is 15.0. The van der Waals surface area contributed by atoms with Crippen LogP contribution < -0.4 is 5.73 Å². The minimum absolute atomic E-state index is 0.0113. The van der Waals surface area contributed by atoms with Gasteiger partial charge in [-0.05, 0) is 42.3 Å². The van der Waals surface area contributed by atoms with Crippen molar-refractivity contribution in [2.24, 2.45) is 10.7 Å². The summed E-state index contributed by atoms with van der Waals surface area (Å²) in [7, 11) is 0. The number of carbonyl (C=O) groups excluding carboxylic acids is 1. The lowest BCUT2D eigenvalue weighted by Gasteiger charge is -2.18. The molecule has 8 heteroatoms. The maximum absolute atomic E-state index is 15.0. The Hall–Kier alpha value is -3.16. The predicted molar refractivity (Wildman–Crippen MR) is 118 cm³/mol. The first-order valence-corrected chi connectivity index (χ1v) is 10.5. The molecule has 3 N–H and O–H groups in total. The molecule has 156 valence electrons. The molecule has 0 bridgehead atoms. The summed E-state index contributed by atoms with van der Waals surface area (Å²) in [6.45, 7) is 0. The van der Waals surface area contributed by atoms with Crippen molar-refractivity contribution in [1.82, 2.24) is 0 Å². The summed E-state index contributed by atoms with van der Waals surface area (Å²) >= 11 is 7.81. The van der Waals surface area contributed by atoms with Gasteiger partial charge in [0, 0.05) is 20.9 Å². The Morgan fingerprint density at radius 1 is 1.10 bits per heavy atom. The molecule has 3 aromatic carbocycles. The number of benzene rings is 3. The van der Waals surface area contributed by atoms with E-state index in [0.717, 1.165) is 0 Å². The SMILES string of the molecule is NC(=O)C(Cc1c(F)ccc2c1C(Cl)=Nc1cc(C(=O)O)ccc1S2)c1ccccc1. The second kappa shape index (κ2) is 8.53. The van der Waals surface area contributed by atoms with Crippen LogP contribution in [0.1, 0.15) is 33.0 Å². The third-order valence-electron chi connectivity index (χ3n) is 5.02. The number of carboxylic acids is 1. The van der Waals surface area contributed by atoms with Crippen LogP contribution in [0.5, 0.6) is 0 Å². The van der Waals surface area contributed by atoms with Crippen LogP contribution in [0.3, 0.4) is 0 Å². The molecule has 0 saturated carbocycles. The number of carbonyl (C=O) groups is 2. The highest BCUT2D eigenvalue weighted by molar-refractivity contribution is 7.99. The van der Waals surface area contributed by atoms with E-state index in [0.29, 0.717) is 26.6 Å². The fourth-order valence-electron chi connectivity index (χ4n) is 3.49. The van der Waals surface area contributed by atoms with Crippen LogP contribution in [0.15, 0.2) is 75.4 Å². The van der Waals surface area contributed by atoms with Crippen LogP contribution in [-0.4, -0.2) is 22.2 Å². The van der Waals surface area contributed by atoms with Gasteiger partial charge in [0.1, 0.15) is 11.0 Å². The quantitative estimate of drug-likeness (QED) is 0.559. The first-order chi connectivity index (χ1) is 14.8. The van der Waals surface area contributed by atoms with Crippen LogP contribution in [0.4, 0.5) is 10.1 Å². The topological polar surface area (TPSA) is 92.8 Å². The minimum Gasteiger partial charge on any atom is -0.478 e. The summed E-state index contributed by atoms with van der Waals surface area (Å²) in [6, 6.07) is 16.4. The Morgan fingerprint density at radius 3 is 2.48 bits per heavy atom. The molecular weight excluding hydrogens is 439 g/mol. The number of rotatable bonds is 5. The molecular formula is C23H16ClFN2O3S. The van der Waals surface area contributed by atoms with Gasteiger partial charge >= 0.3 is 5.97 Å². The Bertz CT molecular complexity index is 1230. The molecule has 1 aliphatic heterocycles. The Balaban J connectivity index is 1.83. The van der Waals surface area contributed by atoms with E-state index in [1.165, 1.54) is 30.0 Å². The number of aliphatic imine (C=N–C) groups is 1. The second-order valence-electron chi connectivity index (χ2n) is 6.96. The van der Waals surface area contributed by atoms with Crippen molar-refractivity contribution in [3.63, 3.8) is 0 Å². The fourth-order valence-corrected chi connectivity index (χ4v) is 4.89. The van der Waals surface area contributed by atoms with Crippen molar-refractivity contribution in [3.8, 4) is 0 Å². The Morgan fingerprint density at radius 2 is 1.81 bits per heavy atom. The lowest BCUT2D eigenvalue weighted by atomic mass is 9.89. The predicted octanol–water partition coefficient (Wildman–Crippen LogP) is 5.12. The zero-order valence-corrected chi connectivity index (χ0v) is 17.6. The van der Waals surface area contributed by atoms with E-state index < -0.39 is 23.6 Å². The molecule has 1 heterocycles. The molecule has 3 aromatic rings. The summed E-state index contributed by atoms with van der Waals surface area (Å²) in [5.74, 6) is -2.93. The normalized spacial score (nSPS) is 13.4. The molecule has 0 fully saturated rings. The summed E-state index contributed by atoms with van der Waals surface area (Å²) in [5, 5.41) is 9.28. The molecule has 0 spiro atoms. The van der Waals surface area contributed by atoms with Gasteiger partial charge in [-0.1, -0.05) is 53.7 Å². The number of fused-ring (bicyclic) bond motifs is 2. The molecule has 1 atom stereocenters. The zero-order valence-electron chi connectivity index (χ0n) is 16.0. The summed E-state index contributed by atoms with van der Waals surface area (Å²) in [5.41, 5.74) is 7.38. The lowest BCUT2D eigenvalue weighted by molar-refractivity contribution is -0.119. The third kappa shape index (κ3) is 4.19. The van der Waals surface area contributed by atoms with Crippen molar-refractivity contribution >= 4 is 46.1 Å². The standard InChI is InChI=1S/C23H16ClFN2O3S/c24-21-20-15(11-14(22(26)28)12-4-2-1-3-5-12)16(25)7-9-19(20)31-18-8-6-13(23(29)30)10-17(18)27-21/h1-10,14H,11H2,(H2,26,28)(H,29,30). The molecule has 1 amide bonds. The van der Waals surface area contributed by atoms with E-state index in [9.17, 15) is 19.1 Å². The molecule has 5 nitrogen and oxygen atoms in total.